The quantitative estimate of drug-likeness (QED) is 0.0888. The first-order valence-electron chi connectivity index (χ1n) is 12.3. The van der Waals surface area contributed by atoms with Crippen LogP contribution in [0.5, 0.6) is 17.2 Å². The Balaban J connectivity index is 2.10. The van der Waals surface area contributed by atoms with Gasteiger partial charge >= 0.3 is 11.6 Å². The van der Waals surface area contributed by atoms with Crippen molar-refractivity contribution in [3.05, 3.63) is 40.8 Å². The molecule has 0 spiro atoms. The molecule has 0 saturated carbocycles. The van der Waals surface area contributed by atoms with Crippen LogP contribution >= 0.6 is 0 Å². The SMILES string of the molecule is CCC=CCCOc1c(OCCCCCCCCCC)c2ccc(OC(C)=O)cc2oc1=O. The number of fused-ring (bicyclic) bond motifs is 1. The average Bonchev–Trinajstić information content (AvgIpc) is 2.78. The smallest absolute Gasteiger partial charge is 0.383 e. The van der Waals surface area contributed by atoms with E-state index in [-0.39, 0.29) is 5.75 Å². The average molecular weight is 459 g/mol. The molecule has 0 radical (unpaired) electrons. The molecule has 0 bridgehead atoms. The molecule has 0 amide bonds. The van der Waals surface area contributed by atoms with Crippen molar-refractivity contribution in [2.75, 3.05) is 13.2 Å². The lowest BCUT2D eigenvalue weighted by Crippen LogP contribution is -2.12. The number of hydrogen-bond donors (Lipinski definition) is 0. The van der Waals surface area contributed by atoms with Gasteiger partial charge in [-0.25, -0.2) is 4.79 Å². The fourth-order valence-electron chi connectivity index (χ4n) is 3.56. The summed E-state index contributed by atoms with van der Waals surface area (Å²) in [5.74, 6) is 0.346. The van der Waals surface area contributed by atoms with Gasteiger partial charge in [0, 0.05) is 13.0 Å². The molecule has 0 aliphatic rings. The summed E-state index contributed by atoms with van der Waals surface area (Å²) in [6, 6.07) is 4.90. The second kappa shape index (κ2) is 15.1. The van der Waals surface area contributed by atoms with E-state index < -0.39 is 11.6 Å². The van der Waals surface area contributed by atoms with E-state index in [9.17, 15) is 9.59 Å². The van der Waals surface area contributed by atoms with E-state index >= 15 is 0 Å². The summed E-state index contributed by atoms with van der Waals surface area (Å²) >= 11 is 0. The topological polar surface area (TPSA) is 75.0 Å². The second-order valence-corrected chi connectivity index (χ2v) is 8.14. The number of hydrogen-bond acceptors (Lipinski definition) is 6. The molecule has 0 atom stereocenters. The first-order valence-corrected chi connectivity index (χ1v) is 12.3. The standard InChI is InChI=1S/C27H38O6/c1-4-6-8-10-11-12-13-15-18-30-25-23-17-16-22(32-21(3)28)20-24(23)33-27(29)26(25)31-19-14-9-7-5-2/h7,9,16-17,20H,4-6,8,10-15,18-19H2,1-3H3. The number of carbonyl (C=O) groups is 1. The molecule has 182 valence electrons. The van der Waals surface area contributed by atoms with Crippen molar-refractivity contribution < 1.29 is 23.4 Å². The van der Waals surface area contributed by atoms with Gasteiger partial charge in [-0.1, -0.05) is 70.9 Å². The van der Waals surface area contributed by atoms with E-state index in [4.69, 9.17) is 18.6 Å². The molecular weight excluding hydrogens is 420 g/mol. The van der Waals surface area contributed by atoms with Crippen LogP contribution in [0.3, 0.4) is 0 Å². The number of unbranched alkanes of at least 4 members (excludes halogenated alkanes) is 7. The third-order valence-corrected chi connectivity index (χ3v) is 5.23. The van der Waals surface area contributed by atoms with Gasteiger partial charge in [-0.05, 0) is 31.4 Å². The lowest BCUT2D eigenvalue weighted by Gasteiger charge is -2.14. The van der Waals surface area contributed by atoms with Gasteiger partial charge in [0.15, 0.2) is 5.75 Å². The van der Waals surface area contributed by atoms with E-state index in [0.717, 1.165) is 19.3 Å². The highest BCUT2D eigenvalue weighted by atomic mass is 16.5. The molecule has 1 heterocycles. The molecular formula is C27H38O6. The summed E-state index contributed by atoms with van der Waals surface area (Å²) in [6.45, 7) is 6.46. The summed E-state index contributed by atoms with van der Waals surface area (Å²) in [4.78, 5) is 23.9. The van der Waals surface area contributed by atoms with Crippen molar-refractivity contribution in [3.8, 4) is 17.2 Å². The van der Waals surface area contributed by atoms with Gasteiger partial charge in [0.1, 0.15) is 11.3 Å². The largest absolute Gasteiger partial charge is 0.489 e. The highest BCUT2D eigenvalue weighted by Crippen LogP contribution is 2.35. The number of rotatable bonds is 16. The Bertz CT molecular complexity index is 944. The van der Waals surface area contributed by atoms with Crippen molar-refractivity contribution in [1.82, 2.24) is 0 Å². The Labute approximate surface area is 196 Å². The van der Waals surface area contributed by atoms with Crippen LogP contribution in [0.25, 0.3) is 11.0 Å². The van der Waals surface area contributed by atoms with Crippen LogP contribution in [0.4, 0.5) is 0 Å². The van der Waals surface area contributed by atoms with Gasteiger partial charge in [0.25, 0.3) is 0 Å². The van der Waals surface area contributed by atoms with E-state index in [0.29, 0.717) is 42.1 Å². The zero-order valence-corrected chi connectivity index (χ0v) is 20.3. The third kappa shape index (κ3) is 9.32. The molecule has 0 aliphatic carbocycles. The van der Waals surface area contributed by atoms with Gasteiger partial charge in [-0.3, -0.25) is 4.79 Å². The Morgan fingerprint density at radius 1 is 0.909 bits per heavy atom. The van der Waals surface area contributed by atoms with Gasteiger partial charge in [0.05, 0.1) is 18.6 Å². The first kappa shape index (κ1) is 26.5. The molecule has 0 saturated heterocycles. The summed E-state index contributed by atoms with van der Waals surface area (Å²) in [5, 5.41) is 0.615. The Kier molecular flexibility index (Phi) is 12.2. The Hall–Kier alpha value is -2.76. The van der Waals surface area contributed by atoms with Crippen LogP contribution in [-0.2, 0) is 4.79 Å². The predicted octanol–water partition coefficient (Wildman–Crippen LogP) is 6.97. The van der Waals surface area contributed by atoms with Crippen molar-refractivity contribution in [3.63, 3.8) is 0 Å². The van der Waals surface area contributed by atoms with Gasteiger partial charge in [-0.2, -0.15) is 0 Å². The predicted molar refractivity (Wildman–Crippen MR) is 131 cm³/mol. The minimum Gasteiger partial charge on any atom is -0.489 e. The maximum absolute atomic E-state index is 12.7. The highest BCUT2D eigenvalue weighted by Gasteiger charge is 2.18. The van der Waals surface area contributed by atoms with Crippen molar-refractivity contribution in [1.29, 1.82) is 0 Å². The molecule has 6 nitrogen and oxygen atoms in total. The van der Waals surface area contributed by atoms with Crippen LogP contribution in [0.2, 0.25) is 0 Å². The van der Waals surface area contributed by atoms with Crippen LogP contribution in [0, 0.1) is 0 Å². The van der Waals surface area contributed by atoms with Crippen LogP contribution in [0.15, 0.2) is 39.6 Å². The van der Waals surface area contributed by atoms with E-state index in [1.807, 2.05) is 6.08 Å². The van der Waals surface area contributed by atoms with E-state index in [2.05, 4.69) is 19.9 Å². The Morgan fingerprint density at radius 3 is 2.30 bits per heavy atom. The lowest BCUT2D eigenvalue weighted by molar-refractivity contribution is -0.131. The molecule has 0 N–H and O–H groups in total. The maximum Gasteiger partial charge on any atom is 0.383 e. The molecule has 0 aliphatic heterocycles. The zero-order chi connectivity index (χ0) is 23.9. The minimum atomic E-state index is -0.604. The summed E-state index contributed by atoms with van der Waals surface area (Å²) < 4.78 is 22.4. The molecule has 0 unspecified atom stereocenters. The normalized spacial score (nSPS) is 11.2. The summed E-state index contributed by atoms with van der Waals surface area (Å²) in [7, 11) is 0. The monoisotopic (exact) mass is 458 g/mol. The molecule has 2 rings (SSSR count). The highest BCUT2D eigenvalue weighted by molar-refractivity contribution is 5.87. The first-order chi connectivity index (χ1) is 16.1. The molecule has 6 heteroatoms. The minimum absolute atomic E-state index is 0.0900. The zero-order valence-electron chi connectivity index (χ0n) is 20.3. The van der Waals surface area contributed by atoms with Gasteiger partial charge < -0.3 is 18.6 Å². The van der Waals surface area contributed by atoms with Crippen LogP contribution in [-0.4, -0.2) is 19.2 Å². The molecule has 2 aromatic rings. The van der Waals surface area contributed by atoms with E-state index in [1.165, 1.54) is 51.5 Å². The van der Waals surface area contributed by atoms with Crippen molar-refractivity contribution in [2.45, 2.75) is 85.0 Å². The molecule has 0 fully saturated rings. The number of esters is 1. The van der Waals surface area contributed by atoms with Crippen LogP contribution < -0.4 is 19.8 Å². The third-order valence-electron chi connectivity index (χ3n) is 5.23. The van der Waals surface area contributed by atoms with E-state index in [1.54, 1.807) is 12.1 Å². The second-order valence-electron chi connectivity index (χ2n) is 8.14. The fraction of sp³-hybridized carbons (Fsp3) is 0.556. The summed E-state index contributed by atoms with van der Waals surface area (Å²) in [5.41, 5.74) is -0.309. The Morgan fingerprint density at radius 2 is 1.61 bits per heavy atom. The van der Waals surface area contributed by atoms with Crippen molar-refractivity contribution in [2.24, 2.45) is 0 Å². The van der Waals surface area contributed by atoms with Crippen LogP contribution in [0.1, 0.15) is 85.0 Å². The maximum atomic E-state index is 12.7. The molecule has 33 heavy (non-hydrogen) atoms. The summed E-state index contributed by atoms with van der Waals surface area (Å²) in [6.07, 6.45) is 15.3. The van der Waals surface area contributed by atoms with Gasteiger partial charge in [0.2, 0.25) is 5.75 Å². The number of allylic oxidation sites excluding steroid dienone is 1. The number of carbonyl (C=O) groups excluding carboxylic acids is 1. The molecule has 1 aromatic heterocycles. The van der Waals surface area contributed by atoms with Crippen molar-refractivity contribution >= 4 is 16.9 Å². The van der Waals surface area contributed by atoms with Gasteiger partial charge in [-0.15, -0.1) is 0 Å². The number of ether oxygens (including phenoxy) is 3. The lowest BCUT2D eigenvalue weighted by atomic mass is 10.1. The fourth-order valence-corrected chi connectivity index (χ4v) is 3.56. The molecule has 1 aromatic carbocycles. The number of benzene rings is 1.